The number of aliphatic hydroxyl groups is 1. The number of nitro benzene ring substituents is 1. The van der Waals surface area contributed by atoms with E-state index >= 15 is 0 Å². The molecule has 1 N–H and O–H groups in total. The van der Waals surface area contributed by atoms with Crippen molar-refractivity contribution >= 4 is 17.6 Å². The van der Waals surface area contributed by atoms with Gasteiger partial charge in [0.25, 0.3) is 5.69 Å². The number of esters is 1. The predicted octanol–water partition coefficient (Wildman–Crippen LogP) is 3.43. The lowest BCUT2D eigenvalue weighted by molar-refractivity contribution is -0.959. The van der Waals surface area contributed by atoms with E-state index in [1.807, 2.05) is 20.8 Å². The van der Waals surface area contributed by atoms with Crippen LogP contribution >= 0.6 is 0 Å². The van der Waals surface area contributed by atoms with Crippen LogP contribution in [-0.2, 0) is 30.4 Å². The summed E-state index contributed by atoms with van der Waals surface area (Å²) in [6.45, 7) is 8.90. The van der Waals surface area contributed by atoms with Gasteiger partial charge < -0.3 is 23.8 Å². The first-order valence-electron chi connectivity index (χ1n) is 12.9. The lowest BCUT2D eigenvalue weighted by Crippen LogP contribution is -2.73. The summed E-state index contributed by atoms with van der Waals surface area (Å²) in [6, 6.07) is 4.33. The summed E-state index contributed by atoms with van der Waals surface area (Å²) in [7, 11) is 0. The minimum absolute atomic E-state index is 0.0185. The molecule has 0 aromatic heterocycles. The Balaban J connectivity index is 1.79. The van der Waals surface area contributed by atoms with Gasteiger partial charge in [-0.25, -0.2) is 4.79 Å². The van der Waals surface area contributed by atoms with Crippen molar-refractivity contribution in [1.82, 2.24) is 4.90 Å². The third-order valence-electron chi connectivity index (χ3n) is 7.51. The number of nitro groups is 1. The van der Waals surface area contributed by atoms with Crippen molar-refractivity contribution in [3.8, 4) is 0 Å². The number of non-ortho nitro benzene ring substituents is 1. The molecule has 1 aromatic carbocycles. The van der Waals surface area contributed by atoms with Crippen LogP contribution in [0.3, 0.4) is 0 Å². The Morgan fingerprint density at radius 1 is 1.24 bits per heavy atom. The summed E-state index contributed by atoms with van der Waals surface area (Å²) < 4.78 is 17.3. The fourth-order valence-electron chi connectivity index (χ4n) is 5.01. The van der Waals surface area contributed by atoms with E-state index in [9.17, 15) is 24.8 Å². The monoisotopic (exact) mass is 520 g/mol. The van der Waals surface area contributed by atoms with E-state index in [-0.39, 0.29) is 49.4 Å². The molecule has 2 heterocycles. The second-order valence-electron chi connectivity index (χ2n) is 9.35. The van der Waals surface area contributed by atoms with Crippen LogP contribution in [0.25, 0.3) is 0 Å². The number of benzene rings is 1. The molecule has 0 radical (unpaired) electrons. The van der Waals surface area contributed by atoms with Crippen LogP contribution in [0.4, 0.5) is 5.69 Å². The highest BCUT2D eigenvalue weighted by molar-refractivity contribution is 5.90. The molecular weight excluding hydrogens is 482 g/mol. The van der Waals surface area contributed by atoms with Gasteiger partial charge in [-0.05, 0) is 63.8 Å². The number of β-lactam (4-membered cyclic amide) rings is 1. The summed E-state index contributed by atoms with van der Waals surface area (Å²) in [5.41, 5.74) is 0.475. The van der Waals surface area contributed by atoms with Crippen molar-refractivity contribution in [2.75, 3.05) is 32.8 Å². The highest BCUT2D eigenvalue weighted by Crippen LogP contribution is 2.33. The third-order valence-corrected chi connectivity index (χ3v) is 7.51. The first kappa shape index (κ1) is 28.5. The van der Waals surface area contributed by atoms with Crippen molar-refractivity contribution < 1.29 is 38.3 Å². The predicted molar refractivity (Wildman–Crippen MR) is 134 cm³/mol. The average Bonchev–Trinajstić information content (AvgIpc) is 2.91. The van der Waals surface area contributed by atoms with Crippen LogP contribution in [0.1, 0.15) is 52.0 Å². The first-order valence-corrected chi connectivity index (χ1v) is 12.9. The Kier molecular flexibility index (Phi) is 10.0. The van der Waals surface area contributed by atoms with Gasteiger partial charge in [0, 0.05) is 18.7 Å². The number of hydrogen-bond donors (Lipinski definition) is 1. The molecule has 0 aliphatic carbocycles. The normalized spacial score (nSPS) is 21.3. The summed E-state index contributed by atoms with van der Waals surface area (Å²) in [5.74, 6) is -1.33. The van der Waals surface area contributed by atoms with Crippen LogP contribution in [0.2, 0.25) is 0 Å². The molecule has 2 aliphatic rings. The molecule has 11 nitrogen and oxygen atoms in total. The van der Waals surface area contributed by atoms with Gasteiger partial charge in [0.1, 0.15) is 12.4 Å². The molecule has 2 aliphatic heterocycles. The number of hydrogen-bond acceptors (Lipinski definition) is 8. The van der Waals surface area contributed by atoms with E-state index in [0.717, 1.165) is 38.9 Å². The molecule has 0 bridgehead atoms. The standard InChI is InChI=1S/C26H37N3O8/c1-4-29(5-2,6-3)22-17-23(31)27(22)25(21(30)14-16-36-24-9-7-8-15-35-24)26(32)37-18-19-10-12-20(13-11-19)28(33)34/h10-14,22,24-25H,4-9,15-18H2,1-3H3/p+1. The number of ether oxygens (including phenoxy) is 3. The molecule has 0 saturated carbocycles. The van der Waals surface area contributed by atoms with Crippen LogP contribution in [0.15, 0.2) is 36.1 Å². The largest absolute Gasteiger partial charge is 0.510 e. The smallest absolute Gasteiger partial charge is 0.337 e. The van der Waals surface area contributed by atoms with Crippen LogP contribution in [0.5, 0.6) is 0 Å². The Hall–Kier alpha value is -3.02. The molecular formula is C26H38N3O8+. The van der Waals surface area contributed by atoms with Gasteiger partial charge in [-0.15, -0.1) is 0 Å². The maximum Gasteiger partial charge on any atom is 0.337 e. The van der Waals surface area contributed by atoms with Gasteiger partial charge in [0.2, 0.25) is 5.91 Å². The van der Waals surface area contributed by atoms with E-state index in [0.29, 0.717) is 16.7 Å². The number of quaternary nitrogens is 1. The SMILES string of the molecule is CC[N+](CC)(CC)C1CC(=O)N1C(C(=O)OCc1ccc([N+](=O)[O-])cc1)C(O)=CCOC1CCCCO1. The number of rotatable bonds is 13. The Morgan fingerprint density at radius 3 is 2.46 bits per heavy atom. The van der Waals surface area contributed by atoms with Crippen molar-refractivity contribution in [2.45, 2.75) is 71.6 Å². The second-order valence-corrected chi connectivity index (χ2v) is 9.35. The van der Waals surface area contributed by atoms with Crippen LogP contribution in [0, 0.1) is 10.1 Å². The number of likely N-dealkylation sites (tertiary alicyclic amines) is 1. The van der Waals surface area contributed by atoms with E-state index in [4.69, 9.17) is 14.2 Å². The second kappa shape index (κ2) is 13.0. The summed E-state index contributed by atoms with van der Waals surface area (Å²) in [6.07, 6.45) is 3.75. The van der Waals surface area contributed by atoms with Crippen molar-refractivity contribution in [1.29, 1.82) is 0 Å². The number of carbonyl (C=O) groups excluding carboxylic acids is 2. The fraction of sp³-hybridized carbons (Fsp3) is 0.615. The molecule has 1 aromatic rings. The molecule has 204 valence electrons. The molecule has 3 unspecified atom stereocenters. The minimum Gasteiger partial charge on any atom is -0.510 e. The van der Waals surface area contributed by atoms with Gasteiger partial charge in [0.15, 0.2) is 18.5 Å². The van der Waals surface area contributed by atoms with Gasteiger partial charge in [0.05, 0.1) is 37.6 Å². The molecule has 1 amide bonds. The first-order chi connectivity index (χ1) is 17.8. The topological polar surface area (TPSA) is 128 Å². The molecule has 3 rings (SSSR count). The van der Waals surface area contributed by atoms with Gasteiger partial charge in [-0.1, -0.05) is 0 Å². The lowest BCUT2D eigenvalue weighted by Gasteiger charge is -2.53. The Labute approximate surface area is 217 Å². The maximum absolute atomic E-state index is 13.3. The van der Waals surface area contributed by atoms with Gasteiger partial charge >= 0.3 is 5.97 Å². The van der Waals surface area contributed by atoms with Crippen molar-refractivity contribution in [3.05, 3.63) is 51.8 Å². The van der Waals surface area contributed by atoms with E-state index < -0.39 is 16.9 Å². The molecule has 11 heteroatoms. The van der Waals surface area contributed by atoms with Gasteiger partial charge in [-0.2, -0.15) is 0 Å². The molecule has 37 heavy (non-hydrogen) atoms. The van der Waals surface area contributed by atoms with E-state index in [2.05, 4.69) is 0 Å². The minimum atomic E-state index is -1.32. The zero-order valence-corrected chi connectivity index (χ0v) is 21.8. The third kappa shape index (κ3) is 6.65. The Morgan fingerprint density at radius 2 is 1.92 bits per heavy atom. The zero-order valence-electron chi connectivity index (χ0n) is 21.8. The number of amides is 1. The quantitative estimate of drug-likeness (QED) is 0.105. The highest BCUT2D eigenvalue weighted by atomic mass is 16.7. The Bertz CT molecular complexity index is 962. The number of aliphatic hydroxyl groups excluding tert-OH is 1. The number of nitrogens with zero attached hydrogens (tertiary/aromatic N) is 3. The van der Waals surface area contributed by atoms with Crippen LogP contribution in [-0.4, -0.2) is 82.6 Å². The fourth-order valence-corrected chi connectivity index (χ4v) is 5.01. The van der Waals surface area contributed by atoms with Gasteiger partial charge in [-0.3, -0.25) is 19.8 Å². The summed E-state index contributed by atoms with van der Waals surface area (Å²) >= 11 is 0. The molecule has 0 spiro atoms. The van der Waals surface area contributed by atoms with Crippen molar-refractivity contribution in [3.63, 3.8) is 0 Å². The van der Waals surface area contributed by atoms with E-state index in [1.165, 1.54) is 35.2 Å². The van der Waals surface area contributed by atoms with Crippen LogP contribution < -0.4 is 0 Å². The van der Waals surface area contributed by atoms with E-state index in [1.54, 1.807) is 0 Å². The summed E-state index contributed by atoms with van der Waals surface area (Å²) in [4.78, 5) is 38.0. The summed E-state index contributed by atoms with van der Waals surface area (Å²) in [5, 5.41) is 21.9. The number of carbonyl (C=O) groups is 2. The molecule has 2 saturated heterocycles. The highest BCUT2D eigenvalue weighted by Gasteiger charge is 2.54. The maximum atomic E-state index is 13.3. The zero-order chi connectivity index (χ0) is 27.0. The van der Waals surface area contributed by atoms with Crippen molar-refractivity contribution in [2.24, 2.45) is 0 Å². The molecule has 3 atom stereocenters. The lowest BCUT2D eigenvalue weighted by atomic mass is 9.99. The average molecular weight is 521 g/mol. The molecule has 2 fully saturated rings.